The average molecular weight is 434 g/mol. The zero-order valence-electron chi connectivity index (χ0n) is 18.5. The van der Waals surface area contributed by atoms with Crippen molar-refractivity contribution in [2.45, 2.75) is 40.0 Å². The highest BCUT2D eigenvalue weighted by Gasteiger charge is 2.23. The first-order valence-electron chi connectivity index (χ1n) is 10.9. The van der Waals surface area contributed by atoms with E-state index in [4.69, 9.17) is 13.9 Å². The molecule has 1 aliphatic rings. The van der Waals surface area contributed by atoms with Crippen molar-refractivity contribution in [1.29, 1.82) is 0 Å². The lowest BCUT2D eigenvalue weighted by molar-refractivity contribution is -0.117. The smallest absolute Gasteiger partial charge is 0.231 e. The fourth-order valence-corrected chi connectivity index (χ4v) is 3.80. The topological polar surface area (TPSA) is 91.8 Å². The summed E-state index contributed by atoms with van der Waals surface area (Å²) in [5.74, 6) is 2.22. The molecule has 5 rings (SSSR count). The van der Waals surface area contributed by atoms with Crippen LogP contribution < -0.4 is 9.47 Å². The molecule has 0 aromatic carbocycles. The third-order valence-corrected chi connectivity index (χ3v) is 5.46. The number of hydrogen-bond acceptors (Lipinski definition) is 7. The van der Waals surface area contributed by atoms with Crippen molar-refractivity contribution >= 4 is 22.4 Å². The number of ketones is 1. The van der Waals surface area contributed by atoms with E-state index in [0.717, 1.165) is 11.8 Å². The molecule has 4 aromatic heterocycles. The molecule has 32 heavy (non-hydrogen) atoms. The molecule has 4 heterocycles. The van der Waals surface area contributed by atoms with E-state index in [1.54, 1.807) is 23.0 Å². The standard InChI is InChI=1S/C24H26N4O4/c1-24(2,3)14-31-23-17-11-20(32-19(17)8-9-25-23)18-12-26-21-6-7-22(27-28(18)21)30-13-15-4-5-16(29)10-15/h6-9,11-12,15H,4-5,10,13-14H2,1-3H3/t15-/m0/s1. The zero-order valence-corrected chi connectivity index (χ0v) is 18.5. The molecule has 1 fully saturated rings. The van der Waals surface area contributed by atoms with Gasteiger partial charge in [-0.1, -0.05) is 20.8 Å². The predicted molar refractivity (Wildman–Crippen MR) is 119 cm³/mol. The Bertz CT molecular complexity index is 1280. The van der Waals surface area contributed by atoms with Crippen molar-refractivity contribution in [2.75, 3.05) is 13.2 Å². The summed E-state index contributed by atoms with van der Waals surface area (Å²) in [5.41, 5.74) is 2.10. The maximum atomic E-state index is 11.5. The Morgan fingerprint density at radius 1 is 1.19 bits per heavy atom. The number of fused-ring (bicyclic) bond motifs is 2. The van der Waals surface area contributed by atoms with Gasteiger partial charge in [-0.2, -0.15) is 0 Å². The van der Waals surface area contributed by atoms with Crippen LogP contribution in [0.15, 0.2) is 41.1 Å². The molecule has 0 unspecified atom stereocenters. The number of Topliss-reactive ketones (excluding diaryl/α,β-unsaturated/α-hetero) is 1. The molecular formula is C24H26N4O4. The Hall–Kier alpha value is -3.42. The first kappa shape index (κ1) is 20.5. The molecule has 1 aliphatic carbocycles. The van der Waals surface area contributed by atoms with Crippen LogP contribution in [0, 0.1) is 11.3 Å². The highest BCUT2D eigenvalue weighted by molar-refractivity contribution is 5.86. The van der Waals surface area contributed by atoms with Gasteiger partial charge < -0.3 is 13.9 Å². The number of ether oxygens (including phenoxy) is 2. The van der Waals surface area contributed by atoms with Crippen LogP contribution in [0.2, 0.25) is 0 Å². The van der Waals surface area contributed by atoms with Crippen LogP contribution in [0.5, 0.6) is 11.8 Å². The first-order chi connectivity index (χ1) is 15.4. The highest BCUT2D eigenvalue weighted by atomic mass is 16.5. The number of aromatic nitrogens is 4. The Morgan fingerprint density at radius 3 is 2.84 bits per heavy atom. The van der Waals surface area contributed by atoms with E-state index >= 15 is 0 Å². The molecule has 1 atom stereocenters. The predicted octanol–water partition coefficient (Wildman–Crippen LogP) is 4.71. The van der Waals surface area contributed by atoms with Gasteiger partial charge in [-0.25, -0.2) is 14.5 Å². The lowest BCUT2D eigenvalue weighted by atomic mass is 9.99. The molecule has 166 valence electrons. The molecule has 8 heteroatoms. The van der Waals surface area contributed by atoms with Gasteiger partial charge >= 0.3 is 0 Å². The van der Waals surface area contributed by atoms with Crippen LogP contribution in [-0.4, -0.2) is 38.6 Å². The van der Waals surface area contributed by atoms with Gasteiger partial charge in [0.2, 0.25) is 11.8 Å². The number of hydrogen-bond donors (Lipinski definition) is 0. The van der Waals surface area contributed by atoms with Crippen molar-refractivity contribution in [3.05, 3.63) is 36.7 Å². The third-order valence-electron chi connectivity index (χ3n) is 5.46. The van der Waals surface area contributed by atoms with Crippen molar-refractivity contribution in [2.24, 2.45) is 11.3 Å². The van der Waals surface area contributed by atoms with Crippen LogP contribution in [-0.2, 0) is 4.79 Å². The maximum Gasteiger partial charge on any atom is 0.231 e. The normalized spacial score (nSPS) is 16.8. The summed E-state index contributed by atoms with van der Waals surface area (Å²) in [6.07, 6.45) is 5.52. The van der Waals surface area contributed by atoms with E-state index in [2.05, 4.69) is 35.8 Å². The second-order valence-corrected chi connectivity index (χ2v) is 9.53. The Morgan fingerprint density at radius 2 is 2.06 bits per heavy atom. The van der Waals surface area contributed by atoms with E-state index in [-0.39, 0.29) is 11.3 Å². The quantitative estimate of drug-likeness (QED) is 0.434. The van der Waals surface area contributed by atoms with Crippen molar-refractivity contribution in [3.8, 4) is 23.2 Å². The Labute approximate surface area is 185 Å². The minimum absolute atomic E-state index is 0.0180. The molecule has 4 aromatic rings. The molecule has 0 amide bonds. The van der Waals surface area contributed by atoms with Crippen molar-refractivity contribution < 1.29 is 18.7 Å². The summed E-state index contributed by atoms with van der Waals surface area (Å²) >= 11 is 0. The van der Waals surface area contributed by atoms with Gasteiger partial charge in [-0.05, 0) is 24.0 Å². The molecule has 8 nitrogen and oxygen atoms in total. The lowest BCUT2D eigenvalue weighted by Gasteiger charge is -2.18. The summed E-state index contributed by atoms with van der Waals surface area (Å²) in [5, 5.41) is 5.40. The Balaban J connectivity index is 1.43. The molecule has 0 radical (unpaired) electrons. The molecular weight excluding hydrogens is 408 g/mol. The van der Waals surface area contributed by atoms with E-state index < -0.39 is 0 Å². The van der Waals surface area contributed by atoms with Crippen molar-refractivity contribution in [3.63, 3.8) is 0 Å². The highest BCUT2D eigenvalue weighted by Crippen LogP contribution is 2.33. The van der Waals surface area contributed by atoms with Gasteiger partial charge in [-0.15, -0.1) is 5.10 Å². The van der Waals surface area contributed by atoms with Crippen LogP contribution in [0.1, 0.15) is 40.0 Å². The van der Waals surface area contributed by atoms with Crippen molar-refractivity contribution in [1.82, 2.24) is 19.6 Å². The molecule has 0 bridgehead atoms. The van der Waals surface area contributed by atoms with Gasteiger partial charge in [0.05, 0.1) is 24.8 Å². The van der Waals surface area contributed by atoms with Gasteiger partial charge in [-0.3, -0.25) is 4.79 Å². The summed E-state index contributed by atoms with van der Waals surface area (Å²) in [4.78, 5) is 20.3. The van der Waals surface area contributed by atoms with E-state index in [1.165, 1.54) is 0 Å². The molecule has 0 spiro atoms. The second-order valence-electron chi connectivity index (χ2n) is 9.53. The van der Waals surface area contributed by atoms with E-state index in [0.29, 0.717) is 66.3 Å². The monoisotopic (exact) mass is 434 g/mol. The van der Waals surface area contributed by atoms with Gasteiger partial charge in [0.25, 0.3) is 0 Å². The van der Waals surface area contributed by atoms with Crippen LogP contribution >= 0.6 is 0 Å². The SMILES string of the molecule is CC(C)(C)COc1nccc2oc(-c3cnc4ccc(OC[C@H]5CCC(=O)C5)nn34)cc12. The molecule has 0 aliphatic heterocycles. The van der Waals surface area contributed by atoms with Crippen LogP contribution in [0.4, 0.5) is 0 Å². The number of carbonyl (C=O) groups is 1. The van der Waals surface area contributed by atoms with E-state index in [1.807, 2.05) is 18.2 Å². The van der Waals surface area contributed by atoms with Gasteiger partial charge in [0.15, 0.2) is 11.4 Å². The van der Waals surface area contributed by atoms with Crippen LogP contribution in [0.3, 0.4) is 0 Å². The minimum atomic E-state index is 0.0180. The van der Waals surface area contributed by atoms with Gasteiger partial charge in [0.1, 0.15) is 17.1 Å². The molecule has 1 saturated carbocycles. The largest absolute Gasteiger partial charge is 0.477 e. The maximum absolute atomic E-state index is 11.5. The fraction of sp³-hybridized carbons (Fsp3) is 0.417. The zero-order chi connectivity index (χ0) is 22.3. The minimum Gasteiger partial charge on any atom is -0.477 e. The second kappa shape index (κ2) is 7.93. The third kappa shape index (κ3) is 4.17. The Kier molecular flexibility index (Phi) is 5.07. The summed E-state index contributed by atoms with van der Waals surface area (Å²) in [6, 6.07) is 7.37. The number of carbonyl (C=O) groups excluding carboxylic acids is 1. The first-order valence-corrected chi connectivity index (χ1v) is 10.9. The van der Waals surface area contributed by atoms with Crippen LogP contribution in [0.25, 0.3) is 28.1 Å². The summed E-state index contributed by atoms with van der Waals surface area (Å²) in [7, 11) is 0. The number of furan rings is 1. The summed E-state index contributed by atoms with van der Waals surface area (Å²) in [6.45, 7) is 7.37. The molecule has 0 saturated heterocycles. The number of pyridine rings is 1. The fourth-order valence-electron chi connectivity index (χ4n) is 3.80. The lowest BCUT2D eigenvalue weighted by Crippen LogP contribution is -2.17. The van der Waals surface area contributed by atoms with Gasteiger partial charge in [0, 0.05) is 37.1 Å². The van der Waals surface area contributed by atoms with E-state index in [9.17, 15) is 4.79 Å². The number of imidazole rings is 1. The number of nitrogens with zero attached hydrogens (tertiary/aromatic N) is 4. The number of rotatable bonds is 6. The summed E-state index contributed by atoms with van der Waals surface area (Å²) < 4.78 is 19.6. The molecule has 0 N–H and O–H groups in total. The average Bonchev–Trinajstić information content (AvgIpc) is 3.47.